The molecular formula is C15H21N3O3S2. The number of anilines is 1. The summed E-state index contributed by atoms with van der Waals surface area (Å²) >= 11 is 1.30. The van der Waals surface area contributed by atoms with E-state index in [9.17, 15) is 8.42 Å². The molecule has 6 nitrogen and oxygen atoms in total. The first-order chi connectivity index (χ1) is 11.1. The Hall–Kier alpha value is -1.38. The number of hydrogen-bond acceptors (Lipinski definition) is 5. The SMILES string of the molecule is CCc1ccc(S(=O)(=O)Nc2cnn(C[C@H]3CCCCO3)c2)s1. The minimum Gasteiger partial charge on any atom is -0.376 e. The van der Waals surface area contributed by atoms with Crippen LogP contribution in [0, 0.1) is 0 Å². The number of nitrogens with one attached hydrogen (secondary N) is 1. The van der Waals surface area contributed by atoms with Crippen molar-refractivity contribution in [2.45, 2.75) is 49.5 Å². The highest BCUT2D eigenvalue weighted by molar-refractivity contribution is 7.94. The van der Waals surface area contributed by atoms with E-state index in [2.05, 4.69) is 9.82 Å². The minimum absolute atomic E-state index is 0.164. The monoisotopic (exact) mass is 355 g/mol. The van der Waals surface area contributed by atoms with Gasteiger partial charge < -0.3 is 4.74 Å². The number of aryl methyl sites for hydroxylation is 1. The summed E-state index contributed by atoms with van der Waals surface area (Å²) < 4.78 is 35.1. The molecule has 0 unspecified atom stereocenters. The molecule has 3 rings (SSSR count). The summed E-state index contributed by atoms with van der Waals surface area (Å²) in [7, 11) is -3.54. The second kappa shape index (κ2) is 7.02. The van der Waals surface area contributed by atoms with Crippen LogP contribution in [0.3, 0.4) is 0 Å². The highest BCUT2D eigenvalue weighted by Gasteiger charge is 2.19. The van der Waals surface area contributed by atoms with Crippen molar-refractivity contribution in [2.75, 3.05) is 11.3 Å². The molecule has 0 aromatic carbocycles. The zero-order valence-electron chi connectivity index (χ0n) is 13.1. The Bertz CT molecular complexity index is 746. The summed E-state index contributed by atoms with van der Waals surface area (Å²) in [4.78, 5) is 1.05. The number of aromatic nitrogens is 2. The molecule has 1 atom stereocenters. The van der Waals surface area contributed by atoms with Gasteiger partial charge in [-0.3, -0.25) is 9.40 Å². The summed E-state index contributed by atoms with van der Waals surface area (Å²) in [6.45, 7) is 3.46. The van der Waals surface area contributed by atoms with Gasteiger partial charge in [-0.05, 0) is 37.8 Å². The first-order valence-corrected chi connectivity index (χ1v) is 10.1. The van der Waals surface area contributed by atoms with E-state index in [1.54, 1.807) is 16.9 Å². The third-order valence-electron chi connectivity index (χ3n) is 3.80. The Morgan fingerprint density at radius 3 is 3.00 bits per heavy atom. The summed E-state index contributed by atoms with van der Waals surface area (Å²) in [6.07, 6.45) is 7.55. The highest BCUT2D eigenvalue weighted by atomic mass is 32.2. The second-order valence-electron chi connectivity index (χ2n) is 5.62. The lowest BCUT2D eigenvalue weighted by molar-refractivity contribution is 0.00401. The van der Waals surface area contributed by atoms with Gasteiger partial charge in [-0.1, -0.05) is 6.92 Å². The van der Waals surface area contributed by atoms with Gasteiger partial charge in [0, 0.05) is 17.7 Å². The lowest BCUT2D eigenvalue weighted by atomic mass is 10.1. The Morgan fingerprint density at radius 2 is 2.30 bits per heavy atom. The number of rotatable bonds is 6. The molecule has 126 valence electrons. The predicted octanol–water partition coefficient (Wildman–Crippen LogP) is 2.88. The quantitative estimate of drug-likeness (QED) is 0.865. The molecule has 1 N–H and O–H groups in total. The van der Waals surface area contributed by atoms with Gasteiger partial charge in [-0.2, -0.15) is 5.10 Å². The molecule has 0 bridgehead atoms. The van der Waals surface area contributed by atoms with E-state index in [1.807, 2.05) is 13.0 Å². The molecule has 23 heavy (non-hydrogen) atoms. The van der Waals surface area contributed by atoms with Gasteiger partial charge in [-0.15, -0.1) is 11.3 Å². The highest BCUT2D eigenvalue weighted by Crippen LogP contribution is 2.24. The molecule has 1 saturated heterocycles. The van der Waals surface area contributed by atoms with Crippen molar-refractivity contribution in [1.29, 1.82) is 0 Å². The van der Waals surface area contributed by atoms with Crippen molar-refractivity contribution < 1.29 is 13.2 Å². The fourth-order valence-electron chi connectivity index (χ4n) is 2.57. The maximum absolute atomic E-state index is 12.4. The third kappa shape index (κ3) is 4.13. The standard InChI is InChI=1S/C15H21N3O3S2/c1-2-14-6-7-15(22-14)23(19,20)17-12-9-16-18(10-12)11-13-5-3-4-8-21-13/h6-7,9-10,13,17H,2-5,8,11H2,1H3/t13-/m1/s1. The molecular weight excluding hydrogens is 334 g/mol. The largest absolute Gasteiger partial charge is 0.376 e. The summed E-state index contributed by atoms with van der Waals surface area (Å²) in [5.74, 6) is 0. The van der Waals surface area contributed by atoms with Gasteiger partial charge in [-0.25, -0.2) is 8.42 Å². The molecule has 1 aliphatic rings. The van der Waals surface area contributed by atoms with Gasteiger partial charge in [0.15, 0.2) is 0 Å². The van der Waals surface area contributed by atoms with Gasteiger partial charge >= 0.3 is 0 Å². The van der Waals surface area contributed by atoms with Crippen LogP contribution in [-0.4, -0.2) is 30.9 Å². The summed E-state index contributed by atoms with van der Waals surface area (Å²) in [5.41, 5.74) is 0.479. The van der Waals surface area contributed by atoms with E-state index < -0.39 is 10.0 Å². The fourth-order valence-corrected chi connectivity index (χ4v) is 4.90. The fraction of sp³-hybridized carbons (Fsp3) is 0.533. The maximum Gasteiger partial charge on any atom is 0.271 e. The number of ether oxygens (including phenoxy) is 1. The number of hydrogen-bond donors (Lipinski definition) is 1. The topological polar surface area (TPSA) is 73.2 Å². The lowest BCUT2D eigenvalue weighted by Crippen LogP contribution is -2.24. The van der Waals surface area contributed by atoms with Crippen LogP contribution in [0.1, 0.15) is 31.1 Å². The zero-order valence-corrected chi connectivity index (χ0v) is 14.7. The molecule has 8 heteroatoms. The van der Waals surface area contributed by atoms with Crippen molar-refractivity contribution in [3.63, 3.8) is 0 Å². The first-order valence-electron chi connectivity index (χ1n) is 7.82. The molecule has 1 aliphatic heterocycles. The second-order valence-corrected chi connectivity index (χ2v) is 8.70. The molecule has 2 aromatic rings. The molecule has 0 spiro atoms. The molecule has 0 saturated carbocycles. The van der Waals surface area contributed by atoms with Crippen molar-refractivity contribution in [3.8, 4) is 0 Å². The van der Waals surface area contributed by atoms with Crippen LogP contribution in [-0.2, 0) is 27.7 Å². The van der Waals surface area contributed by atoms with Crippen molar-refractivity contribution >= 4 is 27.0 Å². The zero-order chi connectivity index (χ0) is 16.3. The van der Waals surface area contributed by atoms with Gasteiger partial charge in [0.05, 0.1) is 24.5 Å². The molecule has 1 fully saturated rings. The normalized spacial score (nSPS) is 18.9. The Balaban J connectivity index is 1.65. The first kappa shape index (κ1) is 16.5. The van der Waals surface area contributed by atoms with E-state index in [4.69, 9.17) is 4.74 Å². The molecule has 3 heterocycles. The third-order valence-corrected chi connectivity index (χ3v) is 6.90. The Kier molecular flexibility index (Phi) is 5.03. The maximum atomic E-state index is 12.4. The number of nitrogens with zero attached hydrogens (tertiary/aromatic N) is 2. The Morgan fingerprint density at radius 1 is 1.43 bits per heavy atom. The minimum atomic E-state index is -3.54. The van der Waals surface area contributed by atoms with Gasteiger partial charge in [0.2, 0.25) is 0 Å². The molecule has 0 amide bonds. The predicted molar refractivity (Wildman–Crippen MR) is 90.3 cm³/mol. The number of sulfonamides is 1. The van der Waals surface area contributed by atoms with Crippen molar-refractivity contribution in [3.05, 3.63) is 29.4 Å². The molecule has 2 aromatic heterocycles. The summed E-state index contributed by atoms with van der Waals surface area (Å²) in [5, 5.41) is 4.22. The van der Waals surface area contributed by atoms with Crippen molar-refractivity contribution in [2.24, 2.45) is 0 Å². The smallest absolute Gasteiger partial charge is 0.271 e. The van der Waals surface area contributed by atoms with Crippen LogP contribution < -0.4 is 4.72 Å². The van der Waals surface area contributed by atoms with Crippen LogP contribution in [0.25, 0.3) is 0 Å². The molecule has 0 aliphatic carbocycles. The van der Waals surface area contributed by atoms with Crippen LogP contribution in [0.4, 0.5) is 5.69 Å². The average molecular weight is 355 g/mol. The van der Waals surface area contributed by atoms with E-state index in [0.717, 1.165) is 30.7 Å². The van der Waals surface area contributed by atoms with E-state index >= 15 is 0 Å². The summed E-state index contributed by atoms with van der Waals surface area (Å²) in [6, 6.07) is 3.50. The van der Waals surface area contributed by atoms with Gasteiger partial charge in [0.25, 0.3) is 10.0 Å². The van der Waals surface area contributed by atoms with Crippen LogP contribution in [0.2, 0.25) is 0 Å². The van der Waals surface area contributed by atoms with Crippen LogP contribution in [0.15, 0.2) is 28.7 Å². The number of thiophene rings is 1. The van der Waals surface area contributed by atoms with E-state index in [0.29, 0.717) is 16.4 Å². The van der Waals surface area contributed by atoms with Crippen LogP contribution >= 0.6 is 11.3 Å². The van der Waals surface area contributed by atoms with E-state index in [-0.39, 0.29) is 6.10 Å². The van der Waals surface area contributed by atoms with E-state index in [1.165, 1.54) is 24.0 Å². The molecule has 0 radical (unpaired) electrons. The Labute approximate surface area is 140 Å². The average Bonchev–Trinajstić information content (AvgIpc) is 3.17. The van der Waals surface area contributed by atoms with Crippen molar-refractivity contribution in [1.82, 2.24) is 9.78 Å². The lowest BCUT2D eigenvalue weighted by Gasteiger charge is -2.22. The van der Waals surface area contributed by atoms with Gasteiger partial charge in [0.1, 0.15) is 4.21 Å². The van der Waals surface area contributed by atoms with Crippen LogP contribution in [0.5, 0.6) is 0 Å².